The van der Waals surface area contributed by atoms with Gasteiger partial charge in [0, 0.05) is 30.3 Å². The Morgan fingerprint density at radius 1 is 1.12 bits per heavy atom. The van der Waals surface area contributed by atoms with Crippen LogP contribution in [0.3, 0.4) is 0 Å². The van der Waals surface area contributed by atoms with Crippen LogP contribution in [0.25, 0.3) is 5.84 Å². The molecule has 0 spiro atoms. The molecule has 2 unspecified atom stereocenters. The number of quaternary nitrogens is 1. The fourth-order valence-electron chi connectivity index (χ4n) is 5.33. The van der Waals surface area contributed by atoms with Crippen LogP contribution in [0.5, 0.6) is 23.0 Å². The van der Waals surface area contributed by atoms with Crippen molar-refractivity contribution < 1.29 is 24.1 Å². The number of methoxy groups -OCH3 is 1. The van der Waals surface area contributed by atoms with Gasteiger partial charge in [0.25, 0.3) is 0 Å². The van der Waals surface area contributed by atoms with E-state index in [0.717, 1.165) is 43.0 Å². The molecular formula is C26H26N3O5-. The molecule has 6 rings (SSSR count). The average Bonchev–Trinajstić information content (AvgIpc) is 3.32. The van der Waals surface area contributed by atoms with Crippen LogP contribution in [0.2, 0.25) is 0 Å². The van der Waals surface area contributed by atoms with E-state index in [4.69, 9.17) is 24.8 Å². The van der Waals surface area contributed by atoms with Crippen molar-refractivity contribution in [2.75, 3.05) is 20.4 Å². The summed E-state index contributed by atoms with van der Waals surface area (Å²) >= 11 is 0. The molecule has 2 N–H and O–H groups in total. The first-order chi connectivity index (χ1) is 16.6. The molecule has 34 heavy (non-hydrogen) atoms. The molecule has 0 amide bonds. The molecule has 3 aromatic rings. The van der Waals surface area contributed by atoms with E-state index in [1.807, 2.05) is 18.2 Å². The monoisotopic (exact) mass is 460 g/mol. The Bertz CT molecular complexity index is 1250. The van der Waals surface area contributed by atoms with Gasteiger partial charge in [-0.2, -0.15) is 0 Å². The summed E-state index contributed by atoms with van der Waals surface area (Å²) in [5, 5.41) is 11.0. The third-order valence-electron chi connectivity index (χ3n) is 7.05. The van der Waals surface area contributed by atoms with Gasteiger partial charge in [0.2, 0.25) is 6.79 Å². The summed E-state index contributed by atoms with van der Waals surface area (Å²) in [6.07, 6.45) is 1.82. The van der Waals surface area contributed by atoms with E-state index < -0.39 is 5.17 Å². The van der Waals surface area contributed by atoms with Gasteiger partial charge in [0.1, 0.15) is 12.3 Å². The SMILES string of the molecule is COc1ccc2c(c1OCc1ccccc1[NH+]([NH-])[O-])CN1CCc3cc4c(cc3C1C2)OCO4. The Morgan fingerprint density at radius 3 is 2.76 bits per heavy atom. The van der Waals surface area contributed by atoms with Crippen LogP contribution in [0.15, 0.2) is 48.5 Å². The summed E-state index contributed by atoms with van der Waals surface area (Å²) in [6, 6.07) is 15.7. The molecule has 0 saturated carbocycles. The van der Waals surface area contributed by atoms with E-state index in [1.54, 1.807) is 19.2 Å². The Morgan fingerprint density at radius 2 is 1.94 bits per heavy atom. The van der Waals surface area contributed by atoms with E-state index in [-0.39, 0.29) is 19.4 Å². The zero-order valence-electron chi connectivity index (χ0n) is 18.9. The second-order valence-electron chi connectivity index (χ2n) is 8.85. The summed E-state index contributed by atoms with van der Waals surface area (Å²) in [7, 11) is 1.64. The highest BCUT2D eigenvalue weighted by molar-refractivity contribution is 5.55. The third kappa shape index (κ3) is 3.56. The molecule has 176 valence electrons. The Hall–Kier alpha value is -3.30. The van der Waals surface area contributed by atoms with Crippen molar-refractivity contribution >= 4 is 5.69 Å². The van der Waals surface area contributed by atoms with Crippen molar-refractivity contribution in [3.63, 3.8) is 0 Å². The van der Waals surface area contributed by atoms with Gasteiger partial charge in [0.05, 0.1) is 7.11 Å². The van der Waals surface area contributed by atoms with Crippen molar-refractivity contribution in [2.45, 2.75) is 32.0 Å². The number of para-hydroxylation sites is 1. The highest BCUT2D eigenvalue weighted by Gasteiger charge is 2.35. The normalized spacial score (nSPS) is 19.1. The first-order valence-electron chi connectivity index (χ1n) is 11.4. The predicted octanol–water partition coefficient (Wildman–Crippen LogP) is 3.64. The zero-order valence-corrected chi connectivity index (χ0v) is 18.9. The first-order valence-corrected chi connectivity index (χ1v) is 11.4. The van der Waals surface area contributed by atoms with Crippen molar-refractivity contribution in [2.24, 2.45) is 0 Å². The van der Waals surface area contributed by atoms with Crippen molar-refractivity contribution in [3.8, 4) is 23.0 Å². The van der Waals surface area contributed by atoms with Gasteiger partial charge in [-0.3, -0.25) is 4.90 Å². The highest BCUT2D eigenvalue weighted by Crippen LogP contribution is 2.46. The average molecular weight is 461 g/mol. The summed E-state index contributed by atoms with van der Waals surface area (Å²) in [5.41, 5.74) is 6.04. The number of fused-ring (bicyclic) bond motifs is 5. The van der Waals surface area contributed by atoms with Crippen LogP contribution >= 0.6 is 0 Å². The van der Waals surface area contributed by atoms with Gasteiger partial charge in [0.15, 0.2) is 23.0 Å². The molecule has 3 aromatic carbocycles. The zero-order chi connectivity index (χ0) is 23.2. The van der Waals surface area contributed by atoms with Gasteiger partial charge in [-0.25, -0.2) is 0 Å². The number of hydrogen-bond donors (Lipinski definition) is 1. The molecule has 0 saturated heterocycles. The lowest BCUT2D eigenvalue weighted by Crippen LogP contribution is -2.94. The van der Waals surface area contributed by atoms with E-state index in [9.17, 15) is 5.21 Å². The van der Waals surface area contributed by atoms with E-state index in [2.05, 4.69) is 23.1 Å². The smallest absolute Gasteiger partial charge is 0.231 e. The maximum absolute atomic E-state index is 11.7. The second kappa shape index (κ2) is 8.48. The Balaban J connectivity index is 1.32. The maximum Gasteiger partial charge on any atom is 0.231 e. The summed E-state index contributed by atoms with van der Waals surface area (Å²) in [6.45, 7) is 2.18. The van der Waals surface area contributed by atoms with E-state index in [1.165, 1.54) is 16.7 Å². The minimum Gasteiger partial charge on any atom is -0.639 e. The van der Waals surface area contributed by atoms with Crippen LogP contribution in [-0.2, 0) is 26.0 Å². The molecular weight excluding hydrogens is 434 g/mol. The lowest BCUT2D eigenvalue weighted by Gasteiger charge is -2.42. The molecule has 3 aliphatic heterocycles. The molecule has 3 heterocycles. The minimum absolute atomic E-state index is 0.198. The number of ether oxygens (including phenoxy) is 4. The third-order valence-corrected chi connectivity index (χ3v) is 7.05. The molecule has 0 fully saturated rings. The van der Waals surface area contributed by atoms with E-state index >= 15 is 0 Å². The number of nitrogens with one attached hydrogen (secondary N) is 2. The molecule has 0 radical (unpaired) electrons. The van der Waals surface area contributed by atoms with Crippen LogP contribution in [0, 0.1) is 5.21 Å². The maximum atomic E-state index is 11.7. The van der Waals surface area contributed by atoms with Gasteiger partial charge < -0.3 is 35.2 Å². The minimum atomic E-state index is -0.711. The highest BCUT2D eigenvalue weighted by atomic mass is 16.7. The van der Waals surface area contributed by atoms with Crippen LogP contribution in [0.1, 0.15) is 33.9 Å². The lowest BCUT2D eigenvalue weighted by atomic mass is 9.83. The predicted molar refractivity (Wildman–Crippen MR) is 125 cm³/mol. The van der Waals surface area contributed by atoms with Crippen molar-refractivity contribution in [3.05, 3.63) is 87.4 Å². The summed E-state index contributed by atoms with van der Waals surface area (Å²) in [4.78, 5) is 2.49. The van der Waals surface area contributed by atoms with Crippen LogP contribution < -0.4 is 24.1 Å². The molecule has 3 aliphatic rings. The molecule has 0 aromatic heterocycles. The topological polar surface area (TPSA) is 91.5 Å². The lowest BCUT2D eigenvalue weighted by molar-refractivity contribution is -0.716. The summed E-state index contributed by atoms with van der Waals surface area (Å²) in [5.74, 6) is 10.6. The quantitative estimate of drug-likeness (QED) is 0.585. The fourth-order valence-corrected chi connectivity index (χ4v) is 5.33. The summed E-state index contributed by atoms with van der Waals surface area (Å²) < 4.78 is 23.2. The number of nitrogens with zero attached hydrogens (tertiary/aromatic N) is 1. The molecule has 8 nitrogen and oxygen atoms in total. The largest absolute Gasteiger partial charge is 0.639 e. The van der Waals surface area contributed by atoms with Crippen molar-refractivity contribution in [1.29, 1.82) is 0 Å². The standard InChI is InChI=1S/C26H26N3O5/c1-31-23-7-6-16-10-22-19-12-25-24(33-15-34-25)11-17(19)8-9-28(22)13-20(16)26(23)32-14-18-4-2-3-5-21(18)29(27)30/h2-7,11-12,22,27,29H,8-10,13-15H2,1H3/q-1. The number of rotatable bonds is 5. The first kappa shape index (κ1) is 21.2. The van der Waals surface area contributed by atoms with E-state index in [0.29, 0.717) is 22.7 Å². The Labute approximate surface area is 197 Å². The van der Waals surface area contributed by atoms with Gasteiger partial charge >= 0.3 is 0 Å². The van der Waals surface area contributed by atoms with Crippen LogP contribution in [0.4, 0.5) is 5.69 Å². The fraction of sp³-hybridized carbons (Fsp3) is 0.308. The van der Waals surface area contributed by atoms with Gasteiger partial charge in [-0.15, -0.1) is 0 Å². The second-order valence-corrected chi connectivity index (χ2v) is 8.85. The number of hydrogen-bond acceptors (Lipinski definition) is 6. The van der Waals surface area contributed by atoms with Gasteiger partial charge in [-0.1, -0.05) is 18.2 Å². The molecule has 2 atom stereocenters. The molecule has 0 bridgehead atoms. The van der Waals surface area contributed by atoms with Gasteiger partial charge in [-0.05, 0) is 59.9 Å². The van der Waals surface area contributed by atoms with Crippen LogP contribution in [-0.4, -0.2) is 25.3 Å². The molecule has 0 aliphatic carbocycles. The number of benzene rings is 3. The Kier molecular flexibility index (Phi) is 5.30. The van der Waals surface area contributed by atoms with Crippen molar-refractivity contribution in [1.82, 2.24) is 4.90 Å². The molecule has 8 heteroatoms.